The average Bonchev–Trinajstić information content (AvgIpc) is 3.47. The predicted molar refractivity (Wildman–Crippen MR) is 115 cm³/mol. The molecule has 0 saturated carbocycles. The first-order valence-electron chi connectivity index (χ1n) is 10.6. The van der Waals surface area contributed by atoms with E-state index in [-0.39, 0.29) is 19.7 Å². The number of cyclic esters (lactones) is 1. The fourth-order valence-electron chi connectivity index (χ4n) is 3.06. The number of ether oxygens (including phenoxy) is 2. The Hall–Kier alpha value is -4.67. The molecule has 2 aromatic heterocycles. The number of pyridine rings is 1. The summed E-state index contributed by atoms with van der Waals surface area (Å²) in [5, 5.41) is 20.5. The summed E-state index contributed by atoms with van der Waals surface area (Å²) in [6.07, 6.45) is -4.94. The third-order valence-electron chi connectivity index (χ3n) is 4.82. The van der Waals surface area contributed by atoms with Gasteiger partial charge in [-0.05, 0) is 29.5 Å². The summed E-state index contributed by atoms with van der Waals surface area (Å²) < 4.78 is 56.5. The largest absolute Gasteiger partial charge is 0.542 e. The van der Waals surface area contributed by atoms with Crippen LogP contribution >= 0.6 is 0 Å². The fraction of sp³-hybridized carbons (Fsp3) is 0.286. The highest BCUT2D eigenvalue weighted by atomic mass is 19.4. The maximum absolute atomic E-state index is 14.8. The number of carbonyl (C=O) groups is 3. The summed E-state index contributed by atoms with van der Waals surface area (Å²) >= 11 is 0. The molecule has 202 valence electrons. The second kappa shape index (κ2) is 11.6. The van der Waals surface area contributed by atoms with E-state index < -0.39 is 36.1 Å². The van der Waals surface area contributed by atoms with Crippen LogP contribution in [0.4, 0.5) is 28.0 Å². The quantitative estimate of drug-likeness (QED) is 0.315. The summed E-state index contributed by atoms with van der Waals surface area (Å²) in [4.78, 5) is 39.0. The molecule has 1 atom stereocenters. The van der Waals surface area contributed by atoms with Crippen LogP contribution in [0, 0.1) is 5.82 Å². The number of amides is 1. The van der Waals surface area contributed by atoms with Gasteiger partial charge in [0.05, 0.1) is 19.3 Å². The van der Waals surface area contributed by atoms with E-state index in [1.165, 1.54) is 22.0 Å². The van der Waals surface area contributed by atoms with Gasteiger partial charge in [-0.25, -0.2) is 14.0 Å². The van der Waals surface area contributed by atoms with Crippen LogP contribution in [-0.4, -0.2) is 75.2 Å². The van der Waals surface area contributed by atoms with Crippen molar-refractivity contribution in [2.75, 3.05) is 24.6 Å². The fourth-order valence-corrected chi connectivity index (χ4v) is 3.06. The lowest BCUT2D eigenvalue weighted by molar-refractivity contribution is -0.359. The molecule has 3 N–H and O–H groups in total. The number of hydrogen-bond donors (Lipinski definition) is 1. The van der Waals surface area contributed by atoms with Crippen molar-refractivity contribution in [3.8, 4) is 22.6 Å². The Morgan fingerprint density at radius 1 is 1.26 bits per heavy atom. The molecule has 38 heavy (non-hydrogen) atoms. The maximum Gasteiger partial charge on any atom is 0.430 e. The Morgan fingerprint density at radius 2 is 1.97 bits per heavy atom. The van der Waals surface area contributed by atoms with Gasteiger partial charge in [0.25, 0.3) is 0 Å². The van der Waals surface area contributed by atoms with E-state index in [4.69, 9.17) is 19.4 Å². The highest BCUT2D eigenvalue weighted by molar-refractivity contribution is 5.90. The number of alkyl halides is 3. The second-order valence-corrected chi connectivity index (χ2v) is 7.53. The Morgan fingerprint density at radius 3 is 2.50 bits per heavy atom. The number of halogens is 4. The van der Waals surface area contributed by atoms with Crippen molar-refractivity contribution >= 4 is 23.7 Å². The lowest BCUT2D eigenvalue weighted by atomic mass is 10.1. The number of hydrogen-bond acceptors (Lipinski definition) is 10. The average molecular weight is 541 g/mol. The Bertz CT molecular complexity index is 1320. The van der Waals surface area contributed by atoms with Gasteiger partial charge in [-0.2, -0.15) is 18.0 Å². The molecule has 1 aliphatic heterocycles. The van der Waals surface area contributed by atoms with Gasteiger partial charge >= 0.3 is 18.2 Å². The van der Waals surface area contributed by atoms with Gasteiger partial charge in [0.15, 0.2) is 12.6 Å². The molecule has 1 saturated heterocycles. The second-order valence-electron chi connectivity index (χ2n) is 7.53. The monoisotopic (exact) mass is 541 g/mol. The molecule has 1 aromatic carbocycles. The zero-order chi connectivity index (χ0) is 28.0. The molecule has 3 aromatic rings. The van der Waals surface area contributed by atoms with Crippen molar-refractivity contribution in [3.63, 3.8) is 0 Å². The van der Waals surface area contributed by atoms with Crippen molar-refractivity contribution in [1.29, 1.82) is 0 Å². The van der Waals surface area contributed by atoms with Gasteiger partial charge in [0.2, 0.25) is 5.82 Å². The van der Waals surface area contributed by atoms with Gasteiger partial charge in [-0.3, -0.25) is 9.88 Å². The molecule has 17 heteroatoms. The first kappa shape index (κ1) is 27.9. The van der Waals surface area contributed by atoms with Gasteiger partial charge in [0, 0.05) is 17.3 Å². The lowest BCUT2D eigenvalue weighted by Crippen LogP contribution is -2.54. The maximum atomic E-state index is 14.8. The minimum Gasteiger partial charge on any atom is -0.542 e. The number of carboxylic acid groups (broad SMARTS) is 1. The lowest BCUT2D eigenvalue weighted by Gasteiger charge is -2.14. The van der Waals surface area contributed by atoms with Crippen LogP contribution < -0.4 is 15.7 Å². The van der Waals surface area contributed by atoms with Crippen molar-refractivity contribution in [3.05, 3.63) is 42.3 Å². The molecule has 1 aliphatic rings. The number of aliphatic carboxylic acids is 1. The number of nitrogens with zero attached hydrogens (tertiary/aromatic N) is 6. The Balaban J connectivity index is 0.000000505. The van der Waals surface area contributed by atoms with Crippen LogP contribution in [0.1, 0.15) is 0 Å². The molecular weight excluding hydrogens is 522 g/mol. The summed E-state index contributed by atoms with van der Waals surface area (Å²) in [5.74, 6) is -3.65. The number of aromatic nitrogens is 5. The molecule has 13 nitrogen and oxygen atoms in total. The van der Waals surface area contributed by atoms with E-state index in [1.807, 2.05) is 0 Å². The number of quaternary nitrogens is 1. The van der Waals surface area contributed by atoms with Crippen molar-refractivity contribution in [2.45, 2.75) is 12.3 Å². The van der Waals surface area contributed by atoms with E-state index in [1.54, 1.807) is 31.3 Å². The third kappa shape index (κ3) is 6.96. The van der Waals surface area contributed by atoms with Crippen molar-refractivity contribution < 1.29 is 52.3 Å². The molecule has 0 spiro atoms. The number of benzene rings is 1. The molecule has 1 fully saturated rings. The van der Waals surface area contributed by atoms with Crippen LogP contribution in [0.5, 0.6) is 0 Å². The molecule has 0 bridgehead atoms. The number of carbonyl (C=O) groups excluding carboxylic acids is 3. The first-order chi connectivity index (χ1) is 17.9. The van der Waals surface area contributed by atoms with Gasteiger partial charge < -0.3 is 25.1 Å². The van der Waals surface area contributed by atoms with E-state index >= 15 is 0 Å². The predicted octanol–water partition coefficient (Wildman–Crippen LogP) is -0.513. The minimum atomic E-state index is -5.19. The number of tetrazole rings is 1. The molecular formula is C21H19F4N7O6. The van der Waals surface area contributed by atoms with Gasteiger partial charge in [-0.15, -0.1) is 10.2 Å². The van der Waals surface area contributed by atoms with E-state index in [2.05, 4.69) is 26.1 Å². The first-order valence-corrected chi connectivity index (χ1v) is 10.6. The number of esters is 1. The van der Waals surface area contributed by atoms with Crippen LogP contribution in [0.3, 0.4) is 0 Å². The van der Waals surface area contributed by atoms with Crippen molar-refractivity contribution in [1.82, 2.24) is 25.2 Å². The van der Waals surface area contributed by atoms with E-state index in [0.717, 1.165) is 0 Å². The van der Waals surface area contributed by atoms with E-state index in [9.17, 15) is 27.2 Å². The molecule has 0 aliphatic carbocycles. The van der Waals surface area contributed by atoms with Gasteiger partial charge in [0.1, 0.15) is 24.1 Å². The minimum absolute atomic E-state index is 0.0118. The highest BCUT2D eigenvalue weighted by Gasteiger charge is 2.33. The molecule has 3 heterocycles. The smallest absolute Gasteiger partial charge is 0.430 e. The zero-order valence-corrected chi connectivity index (χ0v) is 19.5. The SMILES string of the molecule is Cn1nnc(-c2ccc(-c3ccc(N4C[C@H](COC(=O)C[NH3+])OC4=O)cc3F)cn2)n1.O=C([O-])C(F)(F)F. The van der Waals surface area contributed by atoms with Crippen LogP contribution in [0.15, 0.2) is 36.5 Å². The number of carboxylic acids is 1. The number of aryl methyl sites for hydroxylation is 1. The van der Waals surface area contributed by atoms with Gasteiger partial charge in [-0.1, -0.05) is 6.07 Å². The van der Waals surface area contributed by atoms with Crippen LogP contribution in [-0.2, 0) is 26.1 Å². The molecule has 1 amide bonds. The van der Waals surface area contributed by atoms with Crippen LogP contribution in [0.2, 0.25) is 0 Å². The Kier molecular flexibility index (Phi) is 8.51. The summed E-state index contributed by atoms with van der Waals surface area (Å²) in [6.45, 7) is 0.0569. The molecule has 0 unspecified atom stereocenters. The third-order valence-corrected chi connectivity index (χ3v) is 4.82. The molecule has 4 rings (SSSR count). The normalized spacial score (nSPS) is 14.9. The van der Waals surface area contributed by atoms with Crippen molar-refractivity contribution in [2.24, 2.45) is 7.05 Å². The number of rotatable bonds is 6. The number of anilines is 1. The summed E-state index contributed by atoms with van der Waals surface area (Å²) in [5.41, 5.74) is 5.15. The molecule has 0 radical (unpaired) electrons. The van der Waals surface area contributed by atoms with Crippen LogP contribution in [0.25, 0.3) is 22.6 Å². The topological polar surface area (TPSA) is 180 Å². The zero-order valence-electron chi connectivity index (χ0n) is 19.5. The Labute approximate surface area is 210 Å². The summed E-state index contributed by atoms with van der Waals surface area (Å²) in [7, 11) is 1.65. The van der Waals surface area contributed by atoms with E-state index in [0.29, 0.717) is 28.3 Å². The summed E-state index contributed by atoms with van der Waals surface area (Å²) in [6, 6.07) is 7.80. The highest BCUT2D eigenvalue weighted by Crippen LogP contribution is 2.29. The standard InChI is InChI=1S/C19H18FN7O4.C2HF3O2/c1-26-24-18(23-25-26)16-5-2-11(8-22-16)14-4-3-12(6-15(14)20)27-9-13(31-19(27)29)10-30-17(28)7-21;3-2(4,5)1(6)7/h2-6,8,13H,7,9-10,21H2,1H3;(H,6,7)/t13-;/m1./s1.